The molecule has 1 atom stereocenters. The smallest absolute Gasteiger partial charge is 0.258 e. The average molecular weight is 240 g/mol. The molecule has 84 valence electrons. The number of fused-ring (bicyclic) bond motifs is 1. The van der Waals surface area contributed by atoms with Gasteiger partial charge in [0.05, 0.1) is 16.5 Å². The summed E-state index contributed by atoms with van der Waals surface area (Å²) in [6.07, 6.45) is 0.682. The minimum absolute atomic E-state index is 0.300. The van der Waals surface area contributed by atoms with Crippen molar-refractivity contribution in [2.75, 3.05) is 0 Å². The van der Waals surface area contributed by atoms with Gasteiger partial charge in [0.2, 0.25) is 0 Å². The summed E-state index contributed by atoms with van der Waals surface area (Å²) in [4.78, 5) is 31.3. The molecule has 0 aliphatic carbocycles. The van der Waals surface area contributed by atoms with Crippen LogP contribution in [0.25, 0.3) is 0 Å². The van der Waals surface area contributed by atoms with Gasteiger partial charge in [0.15, 0.2) is 0 Å². The van der Waals surface area contributed by atoms with Gasteiger partial charge in [-0.15, -0.1) is 11.6 Å². The van der Waals surface area contributed by atoms with Crippen LogP contribution in [0.5, 0.6) is 0 Å². The highest BCUT2D eigenvalue weighted by molar-refractivity contribution is 6.27. The summed E-state index contributed by atoms with van der Waals surface area (Å²) in [5.74, 6) is -0.601. The van der Waals surface area contributed by atoms with E-state index in [0.717, 1.165) is 0 Å². The van der Waals surface area contributed by atoms with Gasteiger partial charge >= 0.3 is 0 Å². The van der Waals surface area contributed by atoms with Crippen LogP contribution in [0.1, 0.15) is 27.6 Å². The molecule has 5 heteroatoms. The second-order valence-electron chi connectivity index (χ2n) is 3.14. The Kier molecular flexibility index (Phi) is 4.19. The standard InChI is InChI=1S/C8H5NO2.C3H5ClO/c10-7-5-3-1-2-4-6(5)8(11)9-7;1-3(4)2-5/h1-4H,(H,9,10,11);2-3H,1H3. The summed E-state index contributed by atoms with van der Waals surface area (Å²) in [5, 5.41) is 1.88. The number of imide groups is 1. The van der Waals surface area contributed by atoms with E-state index >= 15 is 0 Å². The third-order valence-electron chi connectivity index (χ3n) is 1.83. The molecule has 1 aliphatic rings. The van der Waals surface area contributed by atoms with E-state index in [0.29, 0.717) is 17.4 Å². The zero-order valence-electron chi connectivity index (χ0n) is 8.57. The maximum Gasteiger partial charge on any atom is 0.258 e. The van der Waals surface area contributed by atoms with E-state index < -0.39 is 0 Å². The van der Waals surface area contributed by atoms with Crippen LogP contribution >= 0.6 is 11.6 Å². The Morgan fingerprint density at radius 2 is 1.56 bits per heavy atom. The number of nitrogens with one attached hydrogen (secondary N) is 1. The summed E-state index contributed by atoms with van der Waals surface area (Å²) in [6.45, 7) is 1.62. The van der Waals surface area contributed by atoms with Gasteiger partial charge in [0.1, 0.15) is 6.29 Å². The quantitative estimate of drug-likeness (QED) is 0.458. The summed E-state index contributed by atoms with van der Waals surface area (Å²) < 4.78 is 0. The van der Waals surface area contributed by atoms with Crippen molar-refractivity contribution in [2.24, 2.45) is 0 Å². The van der Waals surface area contributed by atoms with Crippen molar-refractivity contribution in [3.05, 3.63) is 35.4 Å². The fourth-order valence-electron chi connectivity index (χ4n) is 1.12. The van der Waals surface area contributed by atoms with Gasteiger partial charge in [-0.1, -0.05) is 12.1 Å². The number of hydrogen-bond donors (Lipinski definition) is 1. The molecule has 0 radical (unpaired) electrons. The highest BCUT2D eigenvalue weighted by Gasteiger charge is 2.25. The average Bonchev–Trinajstić information content (AvgIpc) is 2.56. The van der Waals surface area contributed by atoms with Gasteiger partial charge in [-0.25, -0.2) is 0 Å². The molecule has 0 fully saturated rings. The molecule has 4 nitrogen and oxygen atoms in total. The highest BCUT2D eigenvalue weighted by Crippen LogP contribution is 2.13. The molecule has 16 heavy (non-hydrogen) atoms. The number of benzene rings is 1. The molecule has 1 aliphatic heterocycles. The molecule has 1 aromatic carbocycles. The SMILES string of the molecule is CC(Cl)C=O.O=C1NC(=O)c2ccccc21. The first-order valence-corrected chi connectivity index (χ1v) is 5.04. The first-order valence-electron chi connectivity index (χ1n) is 4.60. The molecular weight excluding hydrogens is 230 g/mol. The number of amides is 2. The zero-order valence-corrected chi connectivity index (χ0v) is 9.32. The highest BCUT2D eigenvalue weighted by atomic mass is 35.5. The Morgan fingerprint density at radius 1 is 1.19 bits per heavy atom. The molecule has 1 unspecified atom stereocenters. The predicted molar refractivity (Wildman–Crippen MR) is 59.6 cm³/mol. The first-order chi connectivity index (χ1) is 7.56. The van der Waals surface area contributed by atoms with Crippen molar-refractivity contribution in [1.29, 1.82) is 0 Å². The largest absolute Gasteiger partial charge is 0.302 e. The first kappa shape index (κ1) is 12.4. The number of carbonyl (C=O) groups excluding carboxylic acids is 3. The summed E-state index contributed by atoms with van der Waals surface area (Å²) in [7, 11) is 0. The Bertz CT molecular complexity index is 396. The Hall–Kier alpha value is -1.68. The molecular formula is C11H10ClNO3. The topological polar surface area (TPSA) is 63.2 Å². The maximum atomic E-state index is 10.9. The van der Waals surface area contributed by atoms with Crippen LogP contribution < -0.4 is 5.32 Å². The molecule has 0 bridgehead atoms. The van der Waals surface area contributed by atoms with Crippen molar-refractivity contribution in [2.45, 2.75) is 12.3 Å². The van der Waals surface area contributed by atoms with Gasteiger partial charge in [-0.05, 0) is 19.1 Å². The van der Waals surface area contributed by atoms with Crippen molar-refractivity contribution in [3.8, 4) is 0 Å². The van der Waals surface area contributed by atoms with E-state index in [2.05, 4.69) is 5.32 Å². The minimum Gasteiger partial charge on any atom is -0.302 e. The van der Waals surface area contributed by atoms with Crippen LogP contribution in [-0.4, -0.2) is 23.5 Å². The molecule has 2 amide bonds. The van der Waals surface area contributed by atoms with E-state index in [1.807, 2.05) is 0 Å². The molecule has 0 aromatic heterocycles. The van der Waals surface area contributed by atoms with Crippen LogP contribution in [-0.2, 0) is 4.79 Å². The Morgan fingerprint density at radius 3 is 1.88 bits per heavy atom. The van der Waals surface area contributed by atoms with Crippen LogP contribution in [0.15, 0.2) is 24.3 Å². The molecule has 2 rings (SSSR count). The lowest BCUT2D eigenvalue weighted by Gasteiger charge is -1.88. The van der Waals surface area contributed by atoms with Crippen molar-refractivity contribution in [1.82, 2.24) is 5.32 Å². The molecule has 1 heterocycles. The van der Waals surface area contributed by atoms with Crippen molar-refractivity contribution in [3.63, 3.8) is 0 Å². The summed E-state index contributed by atoms with van der Waals surface area (Å²) in [6, 6.07) is 6.74. The van der Waals surface area contributed by atoms with Gasteiger partial charge in [0, 0.05) is 0 Å². The maximum absolute atomic E-state index is 10.9. The van der Waals surface area contributed by atoms with Crippen molar-refractivity contribution < 1.29 is 14.4 Å². The van der Waals surface area contributed by atoms with Crippen LogP contribution in [0, 0.1) is 0 Å². The van der Waals surface area contributed by atoms with Crippen LogP contribution in [0.2, 0.25) is 0 Å². The Labute approximate surface area is 97.6 Å². The second-order valence-corrected chi connectivity index (χ2v) is 3.83. The monoisotopic (exact) mass is 239 g/mol. The lowest BCUT2D eigenvalue weighted by Crippen LogP contribution is -2.19. The van der Waals surface area contributed by atoms with E-state index in [1.54, 1.807) is 31.2 Å². The fraction of sp³-hybridized carbons (Fsp3) is 0.182. The van der Waals surface area contributed by atoms with E-state index in [4.69, 9.17) is 11.6 Å². The number of rotatable bonds is 1. The van der Waals surface area contributed by atoms with Gasteiger partial charge in [-0.3, -0.25) is 14.9 Å². The lowest BCUT2D eigenvalue weighted by atomic mass is 10.1. The number of carbonyl (C=O) groups is 3. The third kappa shape index (κ3) is 2.90. The molecule has 1 N–H and O–H groups in total. The number of halogens is 1. The predicted octanol–water partition coefficient (Wildman–Crippen LogP) is 1.38. The zero-order chi connectivity index (χ0) is 12.1. The Balaban J connectivity index is 0.000000221. The van der Waals surface area contributed by atoms with Crippen molar-refractivity contribution >= 4 is 29.7 Å². The van der Waals surface area contributed by atoms with E-state index in [9.17, 15) is 14.4 Å². The fourth-order valence-corrected chi connectivity index (χ4v) is 1.12. The summed E-state index contributed by atoms with van der Waals surface area (Å²) >= 11 is 5.09. The number of alkyl halides is 1. The molecule has 0 spiro atoms. The third-order valence-corrected chi connectivity index (χ3v) is 1.93. The van der Waals surface area contributed by atoms with E-state index in [-0.39, 0.29) is 17.2 Å². The molecule has 0 saturated heterocycles. The second kappa shape index (κ2) is 5.42. The lowest BCUT2D eigenvalue weighted by molar-refractivity contribution is -0.107. The van der Waals surface area contributed by atoms with Gasteiger partial charge < -0.3 is 4.79 Å². The van der Waals surface area contributed by atoms with Gasteiger partial charge in [-0.2, -0.15) is 0 Å². The van der Waals surface area contributed by atoms with Crippen LogP contribution in [0.4, 0.5) is 0 Å². The van der Waals surface area contributed by atoms with Crippen LogP contribution in [0.3, 0.4) is 0 Å². The van der Waals surface area contributed by atoms with E-state index in [1.165, 1.54) is 0 Å². The van der Waals surface area contributed by atoms with Gasteiger partial charge in [0.25, 0.3) is 11.8 Å². The minimum atomic E-state index is -0.324. The number of hydrogen-bond acceptors (Lipinski definition) is 3. The molecule has 1 aromatic rings. The normalized spacial score (nSPS) is 14.4. The summed E-state index contributed by atoms with van der Waals surface area (Å²) in [5.41, 5.74) is 0.940. The molecule has 0 saturated carbocycles. The number of aldehydes is 1.